The van der Waals surface area contributed by atoms with E-state index in [9.17, 15) is 18.0 Å². The molecule has 0 aliphatic carbocycles. The zero-order valence-electron chi connectivity index (χ0n) is 9.63. The molecule has 1 aromatic carbocycles. The molecule has 1 atom stereocenters. The molecular weight excluding hydrogens is 313 g/mol. The lowest BCUT2D eigenvalue weighted by atomic mass is 10.1. The van der Waals surface area contributed by atoms with Crippen molar-refractivity contribution < 1.29 is 22.7 Å². The molecule has 0 heterocycles. The maximum absolute atomic E-state index is 12.1. The predicted octanol–water partition coefficient (Wildman–Crippen LogP) is 4.25. The van der Waals surface area contributed by atoms with Crippen LogP contribution in [0.2, 0.25) is 0 Å². The smallest absolute Gasteiger partial charge is 0.389 e. The molecule has 0 radical (unpaired) electrons. The van der Waals surface area contributed by atoms with Crippen LogP contribution in [0.25, 0.3) is 0 Å². The third-order valence-electron chi connectivity index (χ3n) is 2.37. The molecule has 1 unspecified atom stereocenters. The minimum Gasteiger partial charge on any atom is -0.465 e. The maximum Gasteiger partial charge on any atom is 0.389 e. The molecule has 0 aliphatic heterocycles. The minimum absolute atomic E-state index is 0.0406. The summed E-state index contributed by atoms with van der Waals surface area (Å²) in [6, 6.07) is 6.29. The summed E-state index contributed by atoms with van der Waals surface area (Å²) in [5, 5.41) is 0. The van der Waals surface area contributed by atoms with Crippen LogP contribution in [0.4, 0.5) is 13.2 Å². The first-order valence-electron chi connectivity index (χ1n) is 5.22. The van der Waals surface area contributed by atoms with Gasteiger partial charge in [-0.25, -0.2) is 4.79 Å². The third kappa shape index (κ3) is 4.68. The number of hydrogen-bond donors (Lipinski definition) is 0. The van der Waals surface area contributed by atoms with E-state index in [0.717, 1.165) is 0 Å². The number of rotatable bonds is 4. The molecular formula is C12H12BrF3O2. The summed E-state index contributed by atoms with van der Waals surface area (Å²) in [6.45, 7) is 0. The van der Waals surface area contributed by atoms with Gasteiger partial charge in [0.15, 0.2) is 0 Å². The number of carbonyl (C=O) groups excluding carboxylic acids is 1. The zero-order chi connectivity index (χ0) is 13.8. The lowest BCUT2D eigenvalue weighted by molar-refractivity contribution is -0.135. The highest BCUT2D eigenvalue weighted by atomic mass is 79.9. The highest BCUT2D eigenvalue weighted by molar-refractivity contribution is 9.09. The molecule has 0 spiro atoms. The van der Waals surface area contributed by atoms with Gasteiger partial charge in [0.2, 0.25) is 0 Å². The van der Waals surface area contributed by atoms with Gasteiger partial charge in [-0.15, -0.1) is 0 Å². The van der Waals surface area contributed by atoms with E-state index in [1.54, 1.807) is 12.1 Å². The van der Waals surface area contributed by atoms with Gasteiger partial charge in [-0.1, -0.05) is 28.1 Å². The van der Waals surface area contributed by atoms with E-state index in [2.05, 4.69) is 20.7 Å². The van der Waals surface area contributed by atoms with Crippen molar-refractivity contribution in [3.63, 3.8) is 0 Å². The van der Waals surface area contributed by atoms with Crippen molar-refractivity contribution in [1.82, 2.24) is 0 Å². The lowest BCUT2D eigenvalue weighted by Gasteiger charge is -2.12. The number of benzene rings is 1. The molecule has 100 valence electrons. The first-order valence-corrected chi connectivity index (χ1v) is 6.14. The van der Waals surface area contributed by atoms with E-state index >= 15 is 0 Å². The Morgan fingerprint density at radius 1 is 1.33 bits per heavy atom. The van der Waals surface area contributed by atoms with Crippen LogP contribution >= 0.6 is 15.9 Å². The van der Waals surface area contributed by atoms with Gasteiger partial charge in [-0.05, 0) is 24.1 Å². The standard InChI is InChI=1S/C12H12BrF3O2/c1-18-11(17)9-4-2-8(3-5-9)10(13)6-7-12(14,15)16/h2-5,10H,6-7H2,1H3. The van der Waals surface area contributed by atoms with Crippen molar-refractivity contribution >= 4 is 21.9 Å². The molecule has 0 saturated carbocycles. The van der Waals surface area contributed by atoms with E-state index in [4.69, 9.17) is 0 Å². The number of halogens is 4. The molecule has 1 aromatic rings. The van der Waals surface area contributed by atoms with Crippen LogP contribution in [0.1, 0.15) is 33.6 Å². The Balaban J connectivity index is 2.64. The SMILES string of the molecule is COC(=O)c1ccc(C(Br)CCC(F)(F)F)cc1. The Morgan fingerprint density at radius 3 is 2.33 bits per heavy atom. The monoisotopic (exact) mass is 324 g/mol. The maximum atomic E-state index is 12.1. The van der Waals surface area contributed by atoms with E-state index in [-0.39, 0.29) is 11.2 Å². The van der Waals surface area contributed by atoms with Crippen LogP contribution in [-0.4, -0.2) is 19.3 Å². The fourth-order valence-corrected chi connectivity index (χ4v) is 1.94. The Kier molecular flexibility index (Phi) is 5.19. The molecule has 0 saturated heterocycles. The Morgan fingerprint density at radius 2 is 1.89 bits per heavy atom. The fourth-order valence-electron chi connectivity index (χ4n) is 1.40. The summed E-state index contributed by atoms with van der Waals surface area (Å²) in [5.41, 5.74) is 1.07. The summed E-state index contributed by atoms with van der Waals surface area (Å²) in [5.74, 6) is -0.469. The van der Waals surface area contributed by atoms with Crippen LogP contribution in [0.5, 0.6) is 0 Å². The normalized spacial score (nSPS) is 13.2. The van der Waals surface area contributed by atoms with Crippen LogP contribution in [-0.2, 0) is 4.74 Å². The van der Waals surface area contributed by atoms with Gasteiger partial charge >= 0.3 is 12.1 Å². The van der Waals surface area contributed by atoms with Crippen molar-refractivity contribution in [2.75, 3.05) is 7.11 Å². The van der Waals surface area contributed by atoms with E-state index in [1.165, 1.54) is 19.2 Å². The van der Waals surface area contributed by atoms with Gasteiger partial charge in [0.1, 0.15) is 0 Å². The molecule has 0 amide bonds. The number of methoxy groups -OCH3 is 1. The number of ether oxygens (including phenoxy) is 1. The number of esters is 1. The van der Waals surface area contributed by atoms with E-state index < -0.39 is 18.6 Å². The average molecular weight is 325 g/mol. The lowest BCUT2D eigenvalue weighted by Crippen LogP contribution is -2.08. The van der Waals surface area contributed by atoms with Crippen LogP contribution < -0.4 is 0 Å². The van der Waals surface area contributed by atoms with Gasteiger partial charge in [-0.3, -0.25) is 0 Å². The molecule has 18 heavy (non-hydrogen) atoms. The topological polar surface area (TPSA) is 26.3 Å². The van der Waals surface area contributed by atoms with Crippen LogP contribution in [0, 0.1) is 0 Å². The Bertz CT molecular complexity index is 401. The minimum atomic E-state index is -4.15. The van der Waals surface area contributed by atoms with Crippen molar-refractivity contribution in [2.45, 2.75) is 23.8 Å². The predicted molar refractivity (Wildman–Crippen MR) is 64.7 cm³/mol. The molecule has 6 heteroatoms. The van der Waals surface area contributed by atoms with Crippen LogP contribution in [0.15, 0.2) is 24.3 Å². The molecule has 2 nitrogen and oxygen atoms in total. The van der Waals surface area contributed by atoms with E-state index in [0.29, 0.717) is 11.1 Å². The van der Waals surface area contributed by atoms with Crippen molar-refractivity contribution in [1.29, 1.82) is 0 Å². The first-order chi connectivity index (χ1) is 8.33. The molecule has 0 N–H and O–H groups in total. The fraction of sp³-hybridized carbons (Fsp3) is 0.417. The zero-order valence-corrected chi connectivity index (χ0v) is 11.2. The summed E-state index contributed by atoms with van der Waals surface area (Å²) in [7, 11) is 1.27. The first kappa shape index (κ1) is 15.0. The van der Waals surface area contributed by atoms with Gasteiger partial charge in [-0.2, -0.15) is 13.2 Å². The largest absolute Gasteiger partial charge is 0.465 e. The summed E-state index contributed by atoms with van der Waals surface area (Å²) in [6.07, 6.45) is -5.04. The number of alkyl halides is 4. The van der Waals surface area contributed by atoms with Gasteiger partial charge < -0.3 is 4.74 Å². The second-order valence-electron chi connectivity index (χ2n) is 3.73. The van der Waals surface area contributed by atoms with Crippen molar-refractivity contribution in [3.05, 3.63) is 35.4 Å². The average Bonchev–Trinajstić information content (AvgIpc) is 2.34. The van der Waals surface area contributed by atoms with Crippen LogP contribution in [0.3, 0.4) is 0 Å². The second-order valence-corrected chi connectivity index (χ2v) is 4.84. The van der Waals surface area contributed by atoms with Gasteiger partial charge in [0, 0.05) is 11.2 Å². The molecule has 0 bridgehead atoms. The molecule has 1 rings (SSSR count). The molecule has 0 fully saturated rings. The summed E-state index contributed by atoms with van der Waals surface area (Å²) >= 11 is 3.20. The van der Waals surface area contributed by atoms with Crippen molar-refractivity contribution in [3.8, 4) is 0 Å². The van der Waals surface area contributed by atoms with Gasteiger partial charge in [0.05, 0.1) is 12.7 Å². The summed E-state index contributed by atoms with van der Waals surface area (Å²) in [4.78, 5) is 10.8. The number of carbonyl (C=O) groups is 1. The quantitative estimate of drug-likeness (QED) is 0.611. The Hall–Kier alpha value is -1.04. The molecule has 0 aliphatic rings. The third-order valence-corrected chi connectivity index (χ3v) is 3.36. The van der Waals surface area contributed by atoms with Crippen molar-refractivity contribution in [2.24, 2.45) is 0 Å². The number of hydrogen-bond acceptors (Lipinski definition) is 2. The highest BCUT2D eigenvalue weighted by Gasteiger charge is 2.28. The molecule has 0 aromatic heterocycles. The highest BCUT2D eigenvalue weighted by Crippen LogP contribution is 2.32. The van der Waals surface area contributed by atoms with E-state index in [1.807, 2.05) is 0 Å². The summed E-state index contributed by atoms with van der Waals surface area (Å²) < 4.78 is 40.7. The Labute approximate surface area is 111 Å². The second kappa shape index (κ2) is 6.22. The van der Waals surface area contributed by atoms with Gasteiger partial charge in [0.25, 0.3) is 0 Å².